The average molecular weight is 242 g/mol. The molecule has 3 N–H and O–H groups in total. The zero-order valence-electron chi connectivity index (χ0n) is 9.38. The minimum atomic E-state index is -0.544. The molecule has 1 aromatic heterocycles. The molecule has 17 heavy (non-hydrogen) atoms. The number of aromatic nitrogens is 1. The van der Waals surface area contributed by atoms with E-state index in [0.29, 0.717) is 13.2 Å². The quantitative estimate of drug-likeness (QED) is 0.313. The molecule has 0 amide bonds. The van der Waals surface area contributed by atoms with Crippen LogP contribution in [0.2, 0.25) is 0 Å². The number of pyridine rings is 1. The molecule has 0 saturated carbocycles. The third-order valence-electron chi connectivity index (χ3n) is 1.83. The Labute approximate surface area is 97.9 Å². The number of hydrogen-bond acceptors (Lipinski definition) is 7. The smallest absolute Gasteiger partial charge is 0.278 e. The zero-order valence-corrected chi connectivity index (χ0v) is 9.38. The van der Waals surface area contributed by atoms with Gasteiger partial charge in [-0.05, 0) is 6.92 Å². The van der Waals surface area contributed by atoms with Gasteiger partial charge in [0.1, 0.15) is 6.61 Å². The van der Waals surface area contributed by atoms with Crippen LogP contribution in [0.3, 0.4) is 0 Å². The molecule has 0 aromatic carbocycles. The Balaban J connectivity index is 2.70. The number of rotatable bonds is 7. The van der Waals surface area contributed by atoms with E-state index < -0.39 is 4.92 Å². The Morgan fingerprint density at radius 2 is 2.29 bits per heavy atom. The van der Waals surface area contributed by atoms with Crippen molar-refractivity contribution in [1.82, 2.24) is 4.98 Å². The van der Waals surface area contributed by atoms with E-state index in [-0.39, 0.29) is 24.0 Å². The lowest BCUT2D eigenvalue weighted by molar-refractivity contribution is -0.384. The van der Waals surface area contributed by atoms with Crippen LogP contribution in [0.4, 0.5) is 11.5 Å². The molecule has 0 aliphatic carbocycles. The zero-order chi connectivity index (χ0) is 12.7. The van der Waals surface area contributed by atoms with Gasteiger partial charge in [0.2, 0.25) is 5.88 Å². The Bertz CT molecular complexity index is 385. The number of nitrogens with zero attached hydrogens (tertiary/aromatic N) is 2. The van der Waals surface area contributed by atoms with Crippen LogP contribution in [-0.2, 0) is 4.74 Å². The van der Waals surface area contributed by atoms with E-state index in [9.17, 15) is 10.1 Å². The molecule has 0 bridgehead atoms. The lowest BCUT2D eigenvalue weighted by Gasteiger charge is -2.06. The van der Waals surface area contributed by atoms with Crippen LogP contribution in [0.15, 0.2) is 12.1 Å². The summed E-state index contributed by atoms with van der Waals surface area (Å²) in [6.45, 7) is 3.11. The summed E-state index contributed by atoms with van der Waals surface area (Å²) in [6.07, 6.45) is 0. The van der Waals surface area contributed by atoms with E-state index in [0.717, 1.165) is 0 Å². The molecule has 0 unspecified atom stereocenters. The molecule has 0 radical (unpaired) electrons. The minimum Gasteiger partial charge on any atom is -0.475 e. The van der Waals surface area contributed by atoms with E-state index in [1.165, 1.54) is 12.1 Å². The number of ether oxygens (including phenoxy) is 2. The maximum atomic E-state index is 10.6. The number of nitrogen functional groups attached to an aromatic ring is 1. The second kappa shape index (κ2) is 6.61. The van der Waals surface area contributed by atoms with Crippen LogP contribution < -0.4 is 16.0 Å². The van der Waals surface area contributed by atoms with Gasteiger partial charge in [0.05, 0.1) is 23.7 Å². The summed E-state index contributed by atoms with van der Waals surface area (Å²) in [5.74, 6) is 5.45. The number of hydrazine groups is 1. The van der Waals surface area contributed by atoms with Gasteiger partial charge in [0.25, 0.3) is 5.69 Å². The highest BCUT2D eigenvalue weighted by Crippen LogP contribution is 2.21. The van der Waals surface area contributed by atoms with Crippen molar-refractivity contribution in [3.63, 3.8) is 0 Å². The van der Waals surface area contributed by atoms with Crippen molar-refractivity contribution in [3.8, 4) is 5.88 Å². The SMILES string of the molecule is CCOCCOc1cc([N+](=O)[O-])cc(NN)n1. The Morgan fingerprint density at radius 3 is 2.88 bits per heavy atom. The first kappa shape index (κ1) is 13.1. The van der Waals surface area contributed by atoms with Gasteiger partial charge in [-0.25, -0.2) is 5.84 Å². The Morgan fingerprint density at radius 1 is 1.53 bits per heavy atom. The van der Waals surface area contributed by atoms with Crippen molar-refractivity contribution in [2.75, 3.05) is 25.2 Å². The summed E-state index contributed by atoms with van der Waals surface area (Å²) in [6, 6.07) is 2.45. The number of nitrogens with two attached hydrogens (primary N) is 1. The van der Waals surface area contributed by atoms with Crippen molar-refractivity contribution in [2.24, 2.45) is 5.84 Å². The third kappa shape index (κ3) is 4.21. The van der Waals surface area contributed by atoms with Crippen molar-refractivity contribution in [3.05, 3.63) is 22.2 Å². The first-order valence-corrected chi connectivity index (χ1v) is 5.01. The van der Waals surface area contributed by atoms with Gasteiger partial charge in [0, 0.05) is 6.61 Å². The minimum absolute atomic E-state index is 0.131. The van der Waals surface area contributed by atoms with Crippen molar-refractivity contribution >= 4 is 11.5 Å². The van der Waals surface area contributed by atoms with Gasteiger partial charge in [0.15, 0.2) is 5.82 Å². The topological polar surface area (TPSA) is 113 Å². The molecule has 0 spiro atoms. The number of anilines is 1. The second-order valence-electron chi connectivity index (χ2n) is 3.00. The molecular formula is C9H14N4O4. The Hall–Kier alpha value is -1.93. The van der Waals surface area contributed by atoms with Crippen LogP contribution in [-0.4, -0.2) is 29.7 Å². The van der Waals surface area contributed by atoms with Crippen molar-refractivity contribution in [1.29, 1.82) is 0 Å². The number of nitro groups is 1. The van der Waals surface area contributed by atoms with Gasteiger partial charge < -0.3 is 14.9 Å². The summed E-state index contributed by atoms with van der Waals surface area (Å²) in [5.41, 5.74) is 2.10. The van der Waals surface area contributed by atoms with Gasteiger partial charge in [-0.3, -0.25) is 10.1 Å². The molecule has 0 aliphatic heterocycles. The standard InChI is InChI=1S/C9H14N4O4/c1-2-16-3-4-17-9-6-7(13(14)15)5-8(11-9)12-10/h5-6H,2-4,10H2,1H3,(H,11,12). The third-order valence-corrected chi connectivity index (χ3v) is 1.83. The molecule has 1 rings (SSSR count). The lowest BCUT2D eigenvalue weighted by atomic mass is 10.4. The van der Waals surface area contributed by atoms with Crippen LogP contribution in [0.1, 0.15) is 6.92 Å². The van der Waals surface area contributed by atoms with Gasteiger partial charge >= 0.3 is 0 Å². The summed E-state index contributed by atoms with van der Waals surface area (Å²) < 4.78 is 10.3. The fourth-order valence-corrected chi connectivity index (χ4v) is 1.09. The second-order valence-corrected chi connectivity index (χ2v) is 3.00. The van der Waals surface area contributed by atoms with Crippen LogP contribution in [0, 0.1) is 10.1 Å². The van der Waals surface area contributed by atoms with Crippen molar-refractivity contribution < 1.29 is 14.4 Å². The van der Waals surface area contributed by atoms with E-state index in [4.69, 9.17) is 15.3 Å². The summed E-state index contributed by atoms with van der Waals surface area (Å²) >= 11 is 0. The molecular weight excluding hydrogens is 228 g/mol. The fourth-order valence-electron chi connectivity index (χ4n) is 1.09. The fraction of sp³-hybridized carbons (Fsp3) is 0.444. The van der Waals surface area contributed by atoms with Crippen LogP contribution in [0.25, 0.3) is 0 Å². The molecule has 94 valence electrons. The number of hydrogen-bond donors (Lipinski definition) is 2. The Kier molecular flexibility index (Phi) is 5.11. The molecule has 1 aromatic rings. The van der Waals surface area contributed by atoms with Gasteiger partial charge in [-0.1, -0.05) is 0 Å². The first-order valence-electron chi connectivity index (χ1n) is 5.01. The molecule has 8 heteroatoms. The molecule has 0 saturated heterocycles. The van der Waals surface area contributed by atoms with Crippen LogP contribution in [0.5, 0.6) is 5.88 Å². The molecule has 1 heterocycles. The average Bonchev–Trinajstić information content (AvgIpc) is 2.34. The van der Waals surface area contributed by atoms with E-state index in [2.05, 4.69) is 10.4 Å². The van der Waals surface area contributed by atoms with E-state index in [1.807, 2.05) is 6.92 Å². The van der Waals surface area contributed by atoms with E-state index >= 15 is 0 Å². The summed E-state index contributed by atoms with van der Waals surface area (Å²) in [7, 11) is 0. The van der Waals surface area contributed by atoms with E-state index in [1.54, 1.807) is 0 Å². The molecule has 0 fully saturated rings. The van der Waals surface area contributed by atoms with Crippen molar-refractivity contribution in [2.45, 2.75) is 6.92 Å². The highest BCUT2D eigenvalue weighted by atomic mass is 16.6. The largest absolute Gasteiger partial charge is 0.475 e. The predicted molar refractivity (Wildman–Crippen MR) is 60.7 cm³/mol. The molecule has 0 aliphatic rings. The summed E-state index contributed by atoms with van der Waals surface area (Å²) in [5, 5.41) is 10.6. The van der Waals surface area contributed by atoms with Gasteiger partial charge in [-0.15, -0.1) is 0 Å². The maximum Gasteiger partial charge on any atom is 0.278 e. The maximum absolute atomic E-state index is 10.6. The highest BCUT2D eigenvalue weighted by Gasteiger charge is 2.11. The monoisotopic (exact) mass is 242 g/mol. The molecule has 8 nitrogen and oxygen atoms in total. The summed E-state index contributed by atoms with van der Waals surface area (Å²) in [4.78, 5) is 14.0. The lowest BCUT2D eigenvalue weighted by Crippen LogP contribution is -2.11. The highest BCUT2D eigenvalue weighted by molar-refractivity contribution is 5.47. The normalized spacial score (nSPS) is 10.0. The predicted octanol–water partition coefficient (Wildman–Crippen LogP) is 0.691. The molecule has 0 atom stereocenters. The number of nitrogens with one attached hydrogen (secondary N) is 1. The first-order chi connectivity index (χ1) is 8.17. The van der Waals surface area contributed by atoms with Gasteiger partial charge in [-0.2, -0.15) is 4.98 Å². The van der Waals surface area contributed by atoms with Crippen LogP contribution >= 0.6 is 0 Å².